The minimum Gasteiger partial charge on any atom is -0.493 e. The van der Waals surface area contributed by atoms with Crippen molar-refractivity contribution in [2.24, 2.45) is 0 Å². The number of aromatic nitrogens is 1. The summed E-state index contributed by atoms with van der Waals surface area (Å²) in [6.07, 6.45) is 6.79. The fraction of sp³-hybridized carbons (Fsp3) is 0.276. The molecule has 0 bridgehead atoms. The van der Waals surface area contributed by atoms with E-state index in [2.05, 4.69) is 40.3 Å². The number of methoxy groups -OCH3 is 2. The molecule has 6 nitrogen and oxygen atoms in total. The second kappa shape index (κ2) is 9.39. The van der Waals surface area contributed by atoms with Crippen LogP contribution in [0.1, 0.15) is 46.1 Å². The van der Waals surface area contributed by atoms with Crippen LogP contribution in [0, 0.1) is 0 Å². The maximum absolute atomic E-state index is 14.0. The number of amides is 2. The first kappa shape index (κ1) is 22.7. The summed E-state index contributed by atoms with van der Waals surface area (Å²) in [7, 11) is 3.20. The quantitative estimate of drug-likeness (QED) is 0.345. The van der Waals surface area contributed by atoms with E-state index in [0.717, 1.165) is 24.1 Å². The first-order valence-corrected chi connectivity index (χ1v) is 13.1. The summed E-state index contributed by atoms with van der Waals surface area (Å²) in [5.41, 5.74) is 5.58. The molecule has 1 atom stereocenters. The summed E-state index contributed by atoms with van der Waals surface area (Å²) < 4.78 is 13.1. The number of hydrogen-bond acceptors (Lipinski definition) is 4. The zero-order chi connectivity index (χ0) is 24.6. The van der Waals surface area contributed by atoms with Crippen LogP contribution in [0.5, 0.6) is 11.5 Å². The van der Waals surface area contributed by atoms with Crippen molar-refractivity contribution in [2.45, 2.75) is 38.3 Å². The smallest absolute Gasteiger partial charge is 0.322 e. The Labute approximate surface area is 215 Å². The van der Waals surface area contributed by atoms with Crippen LogP contribution in [-0.4, -0.2) is 29.7 Å². The number of hydrogen-bond donors (Lipinski definition) is 1. The molecule has 0 saturated carbocycles. The summed E-state index contributed by atoms with van der Waals surface area (Å²) in [5.74, 6) is 1.20. The third-order valence-electron chi connectivity index (χ3n) is 7.19. The Balaban J connectivity index is 1.45. The van der Waals surface area contributed by atoms with Gasteiger partial charge in [0.1, 0.15) is 5.00 Å². The van der Waals surface area contributed by atoms with Crippen LogP contribution in [0.2, 0.25) is 0 Å². The van der Waals surface area contributed by atoms with Gasteiger partial charge in [0.2, 0.25) is 0 Å². The van der Waals surface area contributed by atoms with Gasteiger partial charge in [-0.15, -0.1) is 11.3 Å². The highest BCUT2D eigenvalue weighted by atomic mass is 32.1. The highest BCUT2D eigenvalue weighted by Crippen LogP contribution is 2.44. The maximum Gasteiger partial charge on any atom is 0.322 e. The van der Waals surface area contributed by atoms with E-state index in [-0.39, 0.29) is 12.1 Å². The molecular weight excluding hydrogens is 470 g/mol. The second-order valence-electron chi connectivity index (χ2n) is 9.24. The third kappa shape index (κ3) is 3.84. The second-order valence-corrected chi connectivity index (χ2v) is 10.3. The van der Waals surface area contributed by atoms with Gasteiger partial charge in [-0.05, 0) is 61.1 Å². The van der Waals surface area contributed by atoms with Crippen molar-refractivity contribution >= 4 is 23.1 Å². The molecule has 2 aromatic heterocycles. The Morgan fingerprint density at radius 1 is 0.944 bits per heavy atom. The van der Waals surface area contributed by atoms with Gasteiger partial charge >= 0.3 is 6.03 Å². The van der Waals surface area contributed by atoms with Crippen LogP contribution < -0.4 is 14.8 Å². The van der Waals surface area contributed by atoms with Gasteiger partial charge in [0.05, 0.1) is 32.5 Å². The SMILES string of the molecule is COc1ccc(NC(=O)N2Cc3c(sc4c3CCCC4)-n3cccc3[C@H]2c2ccccc2)cc1OC. The number of carbonyl (C=O) groups is 1. The third-order valence-corrected chi connectivity index (χ3v) is 8.52. The van der Waals surface area contributed by atoms with Gasteiger partial charge in [0, 0.05) is 28.4 Å². The van der Waals surface area contributed by atoms with Crippen molar-refractivity contribution < 1.29 is 14.3 Å². The zero-order valence-electron chi connectivity index (χ0n) is 20.5. The molecule has 2 aromatic carbocycles. The van der Waals surface area contributed by atoms with Gasteiger partial charge in [-0.1, -0.05) is 30.3 Å². The lowest BCUT2D eigenvalue weighted by Gasteiger charge is -2.31. The number of urea groups is 1. The van der Waals surface area contributed by atoms with E-state index in [1.54, 1.807) is 20.3 Å². The Morgan fingerprint density at radius 3 is 2.56 bits per heavy atom. The highest BCUT2D eigenvalue weighted by molar-refractivity contribution is 7.15. The molecule has 1 N–H and O–H groups in total. The first-order valence-electron chi connectivity index (χ1n) is 12.3. The molecule has 1 aliphatic heterocycles. The molecule has 0 spiro atoms. The van der Waals surface area contributed by atoms with Gasteiger partial charge < -0.3 is 24.3 Å². The largest absolute Gasteiger partial charge is 0.493 e. The Hall–Kier alpha value is -3.71. The number of carbonyl (C=O) groups excluding carboxylic acids is 1. The molecule has 1 aliphatic carbocycles. The van der Waals surface area contributed by atoms with E-state index < -0.39 is 0 Å². The number of nitrogens with one attached hydrogen (secondary N) is 1. The van der Waals surface area contributed by atoms with Crippen LogP contribution in [0.15, 0.2) is 66.9 Å². The molecule has 36 heavy (non-hydrogen) atoms. The molecule has 6 rings (SSSR count). The number of fused-ring (bicyclic) bond motifs is 5. The van der Waals surface area contributed by atoms with Crippen LogP contribution >= 0.6 is 11.3 Å². The fourth-order valence-electron chi connectivity index (χ4n) is 5.48. The van der Waals surface area contributed by atoms with Gasteiger partial charge in [-0.3, -0.25) is 0 Å². The van der Waals surface area contributed by atoms with Crippen molar-refractivity contribution in [1.29, 1.82) is 0 Å². The Bertz CT molecular complexity index is 1410. The summed E-state index contributed by atoms with van der Waals surface area (Å²) in [4.78, 5) is 17.5. The van der Waals surface area contributed by atoms with Crippen molar-refractivity contribution in [3.63, 3.8) is 0 Å². The van der Waals surface area contributed by atoms with E-state index in [9.17, 15) is 4.79 Å². The van der Waals surface area contributed by atoms with Gasteiger partial charge in [-0.25, -0.2) is 4.79 Å². The van der Waals surface area contributed by atoms with E-state index in [1.807, 2.05) is 46.6 Å². The van der Waals surface area contributed by atoms with Gasteiger partial charge in [0.25, 0.3) is 0 Å². The normalized spacial score (nSPS) is 16.4. The monoisotopic (exact) mass is 499 g/mol. The molecule has 0 unspecified atom stereocenters. The molecular formula is C29H29N3O3S. The van der Waals surface area contributed by atoms with Crippen molar-refractivity contribution in [3.8, 4) is 16.5 Å². The summed E-state index contributed by atoms with van der Waals surface area (Å²) in [6.45, 7) is 0.557. The maximum atomic E-state index is 14.0. The number of aryl methyl sites for hydroxylation is 1. The summed E-state index contributed by atoms with van der Waals surface area (Å²) in [5, 5.41) is 4.39. The molecule has 0 radical (unpaired) electrons. The molecule has 184 valence electrons. The van der Waals surface area contributed by atoms with E-state index in [4.69, 9.17) is 9.47 Å². The lowest BCUT2D eigenvalue weighted by atomic mass is 9.95. The van der Waals surface area contributed by atoms with Crippen molar-refractivity contribution in [2.75, 3.05) is 19.5 Å². The Morgan fingerprint density at radius 2 is 1.75 bits per heavy atom. The number of ether oxygens (including phenoxy) is 2. The molecule has 0 saturated heterocycles. The molecule has 0 fully saturated rings. The lowest BCUT2D eigenvalue weighted by Crippen LogP contribution is -2.38. The van der Waals surface area contributed by atoms with Crippen LogP contribution in [0.25, 0.3) is 5.00 Å². The zero-order valence-corrected chi connectivity index (χ0v) is 21.3. The molecule has 4 aromatic rings. The number of nitrogens with zero attached hydrogens (tertiary/aromatic N) is 2. The van der Waals surface area contributed by atoms with Crippen LogP contribution in [0.4, 0.5) is 10.5 Å². The first-order chi connectivity index (χ1) is 17.7. The van der Waals surface area contributed by atoms with E-state index >= 15 is 0 Å². The highest BCUT2D eigenvalue weighted by Gasteiger charge is 2.36. The molecule has 3 heterocycles. The number of benzene rings is 2. The standard InChI is InChI=1S/C29H29N3O3S/c1-34-24-15-14-20(17-25(24)35-2)30-29(33)32-18-22-21-11-6-7-13-26(21)36-28(22)31-16-8-12-23(31)27(32)19-9-4-3-5-10-19/h3-5,8-10,12,14-17,27H,6-7,11,13,18H2,1-2H3,(H,30,33)/t27-/m1/s1. The lowest BCUT2D eigenvalue weighted by molar-refractivity contribution is 0.194. The van der Waals surface area contributed by atoms with Gasteiger partial charge in [-0.2, -0.15) is 0 Å². The number of anilines is 1. The van der Waals surface area contributed by atoms with Crippen molar-refractivity contribution in [3.05, 3.63) is 94.1 Å². The minimum atomic E-state index is -0.222. The van der Waals surface area contributed by atoms with Crippen LogP contribution in [-0.2, 0) is 19.4 Å². The number of thiophene rings is 1. The van der Waals surface area contributed by atoms with E-state index in [0.29, 0.717) is 23.7 Å². The van der Waals surface area contributed by atoms with E-state index in [1.165, 1.54) is 33.8 Å². The predicted octanol–water partition coefficient (Wildman–Crippen LogP) is 6.57. The average molecular weight is 500 g/mol. The molecule has 2 amide bonds. The van der Waals surface area contributed by atoms with Crippen LogP contribution in [0.3, 0.4) is 0 Å². The molecule has 7 heteroatoms. The topological polar surface area (TPSA) is 55.7 Å². The average Bonchev–Trinajstić information content (AvgIpc) is 3.51. The Kier molecular flexibility index (Phi) is 5.93. The van der Waals surface area contributed by atoms with Crippen molar-refractivity contribution in [1.82, 2.24) is 9.47 Å². The minimum absolute atomic E-state index is 0.146. The summed E-state index contributed by atoms with van der Waals surface area (Å²) >= 11 is 1.90. The summed E-state index contributed by atoms with van der Waals surface area (Å²) in [6, 6.07) is 19.6. The number of rotatable bonds is 4. The predicted molar refractivity (Wildman–Crippen MR) is 143 cm³/mol. The van der Waals surface area contributed by atoms with Gasteiger partial charge in [0.15, 0.2) is 11.5 Å². The fourth-order valence-corrected chi connectivity index (χ4v) is 6.89. The molecule has 2 aliphatic rings.